The fourth-order valence-electron chi connectivity index (χ4n) is 4.32. The fourth-order valence-corrected chi connectivity index (χ4v) is 4.32. The van der Waals surface area contributed by atoms with Gasteiger partial charge in [-0.15, -0.1) is 0 Å². The number of carbonyl (C=O) groups is 1. The number of aromatic nitrogens is 1. The zero-order chi connectivity index (χ0) is 20.2. The number of carbonyl (C=O) groups excluding carboxylic acids is 1. The van der Waals surface area contributed by atoms with Crippen molar-refractivity contribution in [1.29, 1.82) is 0 Å². The maximum absolute atomic E-state index is 12.7. The van der Waals surface area contributed by atoms with Crippen LogP contribution >= 0.6 is 0 Å². The average molecular weight is 395 g/mol. The van der Waals surface area contributed by atoms with Crippen LogP contribution in [-0.4, -0.2) is 62.2 Å². The van der Waals surface area contributed by atoms with Gasteiger partial charge < -0.3 is 19.4 Å². The van der Waals surface area contributed by atoms with Crippen molar-refractivity contribution in [3.63, 3.8) is 0 Å². The number of methoxy groups -OCH3 is 1. The number of hydrogen-bond donors (Lipinski definition) is 0. The maximum atomic E-state index is 12.7. The topological polar surface area (TPSA) is 48.9 Å². The van der Waals surface area contributed by atoms with Crippen LogP contribution in [0.25, 0.3) is 0 Å². The number of pyridine rings is 1. The van der Waals surface area contributed by atoms with E-state index in [1.54, 1.807) is 13.3 Å². The minimum absolute atomic E-state index is 0.108. The van der Waals surface area contributed by atoms with E-state index >= 15 is 0 Å². The van der Waals surface area contributed by atoms with E-state index in [1.165, 1.54) is 6.42 Å². The molecule has 0 spiro atoms. The highest BCUT2D eigenvalue weighted by Gasteiger charge is 2.23. The Hall–Kier alpha value is -2.76. The van der Waals surface area contributed by atoms with Crippen LogP contribution in [0.3, 0.4) is 0 Å². The molecule has 1 amide bonds. The van der Waals surface area contributed by atoms with E-state index in [-0.39, 0.29) is 5.91 Å². The lowest BCUT2D eigenvalue weighted by Gasteiger charge is -2.37. The molecule has 154 valence electrons. The predicted molar refractivity (Wildman–Crippen MR) is 116 cm³/mol. The van der Waals surface area contributed by atoms with Crippen LogP contribution in [0.1, 0.15) is 30.1 Å². The molecule has 0 aliphatic carbocycles. The Bertz CT molecular complexity index is 831. The monoisotopic (exact) mass is 394 g/mol. The minimum atomic E-state index is 0.108. The van der Waals surface area contributed by atoms with Gasteiger partial charge in [0.05, 0.1) is 18.4 Å². The zero-order valence-electron chi connectivity index (χ0n) is 17.4. The lowest BCUT2D eigenvalue weighted by Crippen LogP contribution is -2.47. The SMILES string of the molecule is COc1ccccc1N1CCN(c2ccc(C(=O)N3CCCC(C)C3)cn2)CC1. The first-order chi connectivity index (χ1) is 14.2. The molecule has 0 radical (unpaired) electrons. The number of hydrogen-bond acceptors (Lipinski definition) is 5. The largest absolute Gasteiger partial charge is 0.495 e. The summed E-state index contributed by atoms with van der Waals surface area (Å²) in [5, 5.41) is 0. The van der Waals surface area contributed by atoms with E-state index < -0.39 is 0 Å². The molecule has 1 aromatic heterocycles. The molecule has 29 heavy (non-hydrogen) atoms. The summed E-state index contributed by atoms with van der Waals surface area (Å²) < 4.78 is 5.50. The second-order valence-electron chi connectivity index (χ2n) is 8.05. The quantitative estimate of drug-likeness (QED) is 0.796. The first-order valence-corrected chi connectivity index (χ1v) is 10.5. The smallest absolute Gasteiger partial charge is 0.255 e. The van der Waals surface area contributed by atoms with Gasteiger partial charge in [-0.05, 0) is 43.0 Å². The molecule has 2 aliphatic rings. The summed E-state index contributed by atoms with van der Waals surface area (Å²) in [7, 11) is 1.71. The molecule has 2 aromatic rings. The summed E-state index contributed by atoms with van der Waals surface area (Å²) in [5.41, 5.74) is 1.83. The molecule has 6 heteroatoms. The van der Waals surface area contributed by atoms with E-state index in [0.717, 1.165) is 62.9 Å². The third-order valence-corrected chi connectivity index (χ3v) is 5.97. The number of benzene rings is 1. The fraction of sp³-hybridized carbons (Fsp3) is 0.478. The van der Waals surface area contributed by atoms with Crippen LogP contribution < -0.4 is 14.5 Å². The summed E-state index contributed by atoms with van der Waals surface area (Å²) in [6.07, 6.45) is 4.04. The highest BCUT2D eigenvalue weighted by molar-refractivity contribution is 5.94. The van der Waals surface area contributed by atoms with Crippen LogP contribution in [0.5, 0.6) is 5.75 Å². The number of ether oxygens (including phenoxy) is 1. The normalized spacial score (nSPS) is 19.9. The minimum Gasteiger partial charge on any atom is -0.495 e. The first kappa shape index (κ1) is 19.6. The van der Waals surface area contributed by atoms with Crippen molar-refractivity contribution >= 4 is 17.4 Å². The van der Waals surface area contributed by atoms with Crippen LogP contribution in [0.2, 0.25) is 0 Å². The van der Waals surface area contributed by atoms with Gasteiger partial charge in [0.15, 0.2) is 0 Å². The number of piperazine rings is 1. The molecule has 3 heterocycles. The van der Waals surface area contributed by atoms with Crippen LogP contribution in [0.15, 0.2) is 42.6 Å². The second kappa shape index (κ2) is 8.72. The lowest BCUT2D eigenvalue weighted by atomic mass is 10.00. The van der Waals surface area contributed by atoms with Gasteiger partial charge in [-0.25, -0.2) is 4.98 Å². The van der Waals surface area contributed by atoms with Gasteiger partial charge in [-0.3, -0.25) is 4.79 Å². The van der Waals surface area contributed by atoms with E-state index in [2.05, 4.69) is 27.8 Å². The molecule has 0 bridgehead atoms. The molecule has 0 N–H and O–H groups in total. The Labute approximate surface area is 173 Å². The summed E-state index contributed by atoms with van der Waals surface area (Å²) in [6.45, 7) is 7.53. The Morgan fingerprint density at radius 3 is 2.48 bits per heavy atom. The van der Waals surface area contributed by atoms with Gasteiger partial charge in [0.25, 0.3) is 5.91 Å². The molecule has 2 saturated heterocycles. The third kappa shape index (κ3) is 4.31. The van der Waals surface area contributed by atoms with Crippen molar-refractivity contribution in [1.82, 2.24) is 9.88 Å². The van der Waals surface area contributed by atoms with E-state index in [9.17, 15) is 4.79 Å². The molecule has 2 aliphatic heterocycles. The van der Waals surface area contributed by atoms with Crippen molar-refractivity contribution in [2.75, 3.05) is 56.2 Å². The molecule has 0 saturated carbocycles. The summed E-state index contributed by atoms with van der Waals surface area (Å²) in [6, 6.07) is 12.1. The summed E-state index contributed by atoms with van der Waals surface area (Å²) in [4.78, 5) is 24.0. The Balaban J connectivity index is 1.37. The number of piperidine rings is 1. The predicted octanol–water partition coefficient (Wildman–Crippen LogP) is 3.29. The van der Waals surface area contributed by atoms with Gasteiger partial charge in [-0.1, -0.05) is 19.1 Å². The number of amides is 1. The van der Waals surface area contributed by atoms with Crippen molar-refractivity contribution in [2.45, 2.75) is 19.8 Å². The highest BCUT2D eigenvalue weighted by Crippen LogP contribution is 2.29. The number of rotatable bonds is 4. The summed E-state index contributed by atoms with van der Waals surface area (Å²) >= 11 is 0. The van der Waals surface area contributed by atoms with Gasteiger partial charge >= 0.3 is 0 Å². The zero-order valence-corrected chi connectivity index (χ0v) is 17.4. The van der Waals surface area contributed by atoms with Crippen LogP contribution in [0, 0.1) is 5.92 Å². The average Bonchev–Trinajstić information content (AvgIpc) is 2.79. The Kier molecular flexibility index (Phi) is 5.88. The lowest BCUT2D eigenvalue weighted by molar-refractivity contribution is 0.0682. The third-order valence-electron chi connectivity index (χ3n) is 5.97. The van der Waals surface area contributed by atoms with E-state index in [1.807, 2.05) is 35.2 Å². The van der Waals surface area contributed by atoms with Crippen molar-refractivity contribution in [3.05, 3.63) is 48.2 Å². The molecular weight excluding hydrogens is 364 g/mol. The van der Waals surface area contributed by atoms with Crippen molar-refractivity contribution in [2.24, 2.45) is 5.92 Å². The molecule has 1 unspecified atom stereocenters. The van der Waals surface area contributed by atoms with E-state index in [0.29, 0.717) is 11.5 Å². The van der Waals surface area contributed by atoms with Crippen molar-refractivity contribution in [3.8, 4) is 5.75 Å². The summed E-state index contributed by atoms with van der Waals surface area (Å²) in [5.74, 6) is 2.54. The van der Waals surface area contributed by atoms with Gasteiger partial charge in [-0.2, -0.15) is 0 Å². The van der Waals surface area contributed by atoms with Gasteiger partial charge in [0.1, 0.15) is 11.6 Å². The Morgan fingerprint density at radius 1 is 1.03 bits per heavy atom. The maximum Gasteiger partial charge on any atom is 0.255 e. The Morgan fingerprint density at radius 2 is 1.79 bits per heavy atom. The second-order valence-corrected chi connectivity index (χ2v) is 8.05. The van der Waals surface area contributed by atoms with Crippen LogP contribution in [0.4, 0.5) is 11.5 Å². The van der Waals surface area contributed by atoms with Crippen molar-refractivity contribution < 1.29 is 9.53 Å². The van der Waals surface area contributed by atoms with Gasteiger partial charge in [0.2, 0.25) is 0 Å². The molecule has 1 atom stereocenters. The molecule has 1 aromatic carbocycles. The highest BCUT2D eigenvalue weighted by atomic mass is 16.5. The molecule has 2 fully saturated rings. The first-order valence-electron chi connectivity index (χ1n) is 10.5. The van der Waals surface area contributed by atoms with Crippen LogP contribution in [-0.2, 0) is 0 Å². The molecule has 6 nitrogen and oxygen atoms in total. The standard InChI is InChI=1S/C23H30N4O2/c1-18-6-5-11-27(17-18)23(28)19-9-10-22(24-16-19)26-14-12-25(13-15-26)20-7-3-4-8-21(20)29-2/h3-4,7-10,16,18H,5-6,11-15,17H2,1-2H3. The van der Waals surface area contributed by atoms with Gasteiger partial charge in [0, 0.05) is 45.5 Å². The number of anilines is 2. The number of nitrogens with zero attached hydrogens (tertiary/aromatic N) is 4. The molecule has 4 rings (SSSR count). The molecular formula is C23H30N4O2. The number of para-hydroxylation sites is 2. The number of likely N-dealkylation sites (tertiary alicyclic amines) is 1. The van der Waals surface area contributed by atoms with E-state index in [4.69, 9.17) is 4.74 Å².